The van der Waals surface area contributed by atoms with Crippen LogP contribution in [0.5, 0.6) is 11.5 Å². The number of esters is 1. The maximum atomic E-state index is 13.4. The van der Waals surface area contributed by atoms with Crippen LogP contribution in [0.1, 0.15) is 39.4 Å². The van der Waals surface area contributed by atoms with Crippen LogP contribution in [-0.4, -0.2) is 21.3 Å². The first-order chi connectivity index (χ1) is 18.0. The molecular formula is C30H20N2O5. The van der Waals surface area contributed by atoms with E-state index in [0.717, 1.165) is 21.9 Å². The Hall–Kier alpha value is -4.91. The van der Waals surface area contributed by atoms with Gasteiger partial charge in [0.2, 0.25) is 5.78 Å². The van der Waals surface area contributed by atoms with E-state index in [1.807, 2.05) is 66.3 Å². The molecule has 0 bridgehead atoms. The van der Waals surface area contributed by atoms with Crippen LogP contribution in [0.4, 0.5) is 0 Å². The summed E-state index contributed by atoms with van der Waals surface area (Å²) in [4.78, 5) is 42.0. The Balaban J connectivity index is 1.38. The molecule has 0 amide bonds. The number of carbonyl (C=O) groups is 2. The van der Waals surface area contributed by atoms with Gasteiger partial charge < -0.3 is 19.0 Å². The van der Waals surface area contributed by atoms with Gasteiger partial charge >= 0.3 is 5.97 Å². The van der Waals surface area contributed by atoms with E-state index in [1.165, 1.54) is 0 Å². The molecule has 2 aliphatic heterocycles. The molecule has 0 fully saturated rings. The number of nitrogens with one attached hydrogen (secondary N) is 1. The van der Waals surface area contributed by atoms with E-state index < -0.39 is 11.9 Å². The number of para-hydroxylation sites is 2. The maximum absolute atomic E-state index is 13.4. The van der Waals surface area contributed by atoms with Gasteiger partial charge in [0.1, 0.15) is 11.5 Å². The molecular weight excluding hydrogens is 468 g/mol. The number of rotatable bonds is 2. The molecule has 2 aliphatic rings. The minimum atomic E-state index is -0.621. The predicted molar refractivity (Wildman–Crippen MR) is 139 cm³/mol. The normalized spacial score (nSPS) is 17.6. The monoisotopic (exact) mass is 488 g/mol. The molecule has 180 valence electrons. The molecule has 0 saturated carbocycles. The van der Waals surface area contributed by atoms with E-state index in [0.29, 0.717) is 33.7 Å². The first-order valence-corrected chi connectivity index (χ1v) is 12.0. The van der Waals surface area contributed by atoms with Crippen LogP contribution in [0.15, 0.2) is 83.5 Å². The van der Waals surface area contributed by atoms with E-state index in [9.17, 15) is 14.4 Å². The summed E-state index contributed by atoms with van der Waals surface area (Å²) in [6.07, 6.45) is 3.65. The Morgan fingerprint density at radius 1 is 0.973 bits per heavy atom. The summed E-state index contributed by atoms with van der Waals surface area (Å²) in [5, 5.41) is 1.85. The summed E-state index contributed by atoms with van der Waals surface area (Å²) >= 11 is 0. The fourth-order valence-electron chi connectivity index (χ4n) is 5.42. The predicted octanol–water partition coefficient (Wildman–Crippen LogP) is 5.08. The van der Waals surface area contributed by atoms with Crippen molar-refractivity contribution in [3.05, 3.63) is 111 Å². The number of H-pyrrole nitrogens is 1. The highest BCUT2D eigenvalue weighted by Gasteiger charge is 2.39. The largest absolute Gasteiger partial charge is 0.452 e. The van der Waals surface area contributed by atoms with Crippen LogP contribution < -0.4 is 15.0 Å². The van der Waals surface area contributed by atoms with Crippen LogP contribution >= 0.6 is 0 Å². The Labute approximate surface area is 210 Å². The van der Waals surface area contributed by atoms with Gasteiger partial charge in [-0.2, -0.15) is 0 Å². The number of ether oxygens (including phenoxy) is 2. The fourth-order valence-corrected chi connectivity index (χ4v) is 5.42. The van der Waals surface area contributed by atoms with Gasteiger partial charge in [-0.05, 0) is 41.8 Å². The Kier molecular flexibility index (Phi) is 4.50. The van der Waals surface area contributed by atoms with E-state index in [1.54, 1.807) is 24.3 Å². The van der Waals surface area contributed by atoms with Crippen molar-refractivity contribution in [2.45, 2.75) is 12.3 Å². The van der Waals surface area contributed by atoms with Crippen molar-refractivity contribution < 1.29 is 19.1 Å². The second kappa shape index (κ2) is 7.80. The van der Waals surface area contributed by atoms with Gasteiger partial charge in [0.15, 0.2) is 5.76 Å². The summed E-state index contributed by atoms with van der Waals surface area (Å²) in [7, 11) is 1.95. The van der Waals surface area contributed by atoms with Crippen molar-refractivity contribution in [2.75, 3.05) is 0 Å². The highest BCUT2D eigenvalue weighted by molar-refractivity contribution is 6.15. The fraction of sp³-hybridized carbons (Fsp3) is 0.100. The molecule has 4 heterocycles. The SMILES string of the molecule is Cn1cc(/C=C2/Oc3c(ccc4c3[C@H](c3cc5ccccc5[nH]c3=O)CC(=O)O4)C2=O)c2ccccc21. The number of hydrogen-bond donors (Lipinski definition) is 1. The number of aromatic amines is 1. The van der Waals surface area contributed by atoms with Gasteiger partial charge in [0.05, 0.1) is 12.0 Å². The zero-order valence-corrected chi connectivity index (χ0v) is 19.8. The Morgan fingerprint density at radius 2 is 1.78 bits per heavy atom. The molecule has 37 heavy (non-hydrogen) atoms. The second-order valence-corrected chi connectivity index (χ2v) is 9.38. The first kappa shape index (κ1) is 21.4. The Bertz CT molecular complexity index is 1890. The van der Waals surface area contributed by atoms with E-state index in [-0.39, 0.29) is 23.5 Å². The molecule has 7 nitrogen and oxygen atoms in total. The van der Waals surface area contributed by atoms with Gasteiger partial charge in [0.25, 0.3) is 5.56 Å². The molecule has 0 radical (unpaired) electrons. The number of carbonyl (C=O) groups excluding carboxylic acids is 2. The summed E-state index contributed by atoms with van der Waals surface area (Å²) in [5.41, 5.74) is 3.65. The van der Waals surface area contributed by atoms with Gasteiger partial charge in [-0.15, -0.1) is 0 Å². The van der Waals surface area contributed by atoms with Gasteiger partial charge in [-0.1, -0.05) is 36.4 Å². The van der Waals surface area contributed by atoms with Gasteiger partial charge in [-0.25, -0.2) is 0 Å². The van der Waals surface area contributed by atoms with Crippen LogP contribution in [0.2, 0.25) is 0 Å². The van der Waals surface area contributed by atoms with Crippen LogP contribution in [0.3, 0.4) is 0 Å². The number of nitrogens with zero attached hydrogens (tertiary/aromatic N) is 1. The lowest BCUT2D eigenvalue weighted by atomic mass is 9.85. The highest BCUT2D eigenvalue weighted by Crippen LogP contribution is 2.48. The minimum Gasteiger partial charge on any atom is -0.452 e. The number of Topliss-reactive ketones (excluding diaryl/α,β-unsaturated/α-hetero) is 1. The molecule has 3 aromatic carbocycles. The number of benzene rings is 3. The van der Waals surface area contributed by atoms with Crippen molar-refractivity contribution in [1.82, 2.24) is 9.55 Å². The number of allylic oxidation sites excluding steroid dienone is 1. The number of aryl methyl sites for hydroxylation is 1. The topological polar surface area (TPSA) is 90.4 Å². The zero-order valence-electron chi connectivity index (χ0n) is 19.8. The third-order valence-corrected chi connectivity index (χ3v) is 7.15. The molecule has 0 spiro atoms. The number of aromatic nitrogens is 2. The molecule has 7 heteroatoms. The van der Waals surface area contributed by atoms with Gasteiger partial charge in [0, 0.05) is 52.3 Å². The van der Waals surface area contributed by atoms with Crippen molar-refractivity contribution >= 4 is 39.6 Å². The zero-order chi connectivity index (χ0) is 25.3. The molecule has 1 N–H and O–H groups in total. The smallest absolute Gasteiger partial charge is 0.312 e. The van der Waals surface area contributed by atoms with Crippen molar-refractivity contribution in [3.8, 4) is 11.5 Å². The molecule has 0 unspecified atom stereocenters. The average molecular weight is 488 g/mol. The molecule has 1 atom stereocenters. The van der Waals surface area contributed by atoms with Crippen molar-refractivity contribution in [1.29, 1.82) is 0 Å². The van der Waals surface area contributed by atoms with Crippen LogP contribution in [-0.2, 0) is 11.8 Å². The lowest BCUT2D eigenvalue weighted by molar-refractivity contribution is -0.135. The minimum absolute atomic E-state index is 0.0369. The number of pyridine rings is 1. The summed E-state index contributed by atoms with van der Waals surface area (Å²) in [6, 6.07) is 20.4. The summed E-state index contributed by atoms with van der Waals surface area (Å²) < 4.78 is 13.7. The summed E-state index contributed by atoms with van der Waals surface area (Å²) in [6.45, 7) is 0. The highest BCUT2D eigenvalue weighted by atomic mass is 16.5. The number of fused-ring (bicyclic) bond motifs is 5. The maximum Gasteiger partial charge on any atom is 0.312 e. The number of ketones is 1. The molecule has 2 aromatic heterocycles. The quantitative estimate of drug-likeness (QED) is 0.213. The molecule has 0 saturated heterocycles. The molecule has 0 aliphatic carbocycles. The van der Waals surface area contributed by atoms with E-state index >= 15 is 0 Å². The summed E-state index contributed by atoms with van der Waals surface area (Å²) in [5.74, 6) is -0.507. The molecule has 7 rings (SSSR count). The third kappa shape index (κ3) is 3.24. The standard InChI is InChI=1S/C30H20N2O5/c1-32-15-17(18-7-3-5-9-23(18)32)13-25-28(34)19-10-11-24-27(29(19)37-25)20(14-26(33)36-24)21-12-16-6-2-4-8-22(16)31-30(21)35/h2-13,15,20H,14H2,1H3,(H,31,35)/b25-13+/t20-/m0/s1. The second-order valence-electron chi connectivity index (χ2n) is 9.38. The Morgan fingerprint density at radius 3 is 2.68 bits per heavy atom. The van der Waals surface area contributed by atoms with Crippen LogP contribution in [0.25, 0.3) is 27.9 Å². The van der Waals surface area contributed by atoms with Crippen molar-refractivity contribution in [2.24, 2.45) is 7.05 Å². The molecule has 5 aromatic rings. The van der Waals surface area contributed by atoms with Crippen LogP contribution in [0, 0.1) is 0 Å². The van der Waals surface area contributed by atoms with E-state index in [4.69, 9.17) is 9.47 Å². The van der Waals surface area contributed by atoms with E-state index in [2.05, 4.69) is 4.98 Å². The third-order valence-electron chi connectivity index (χ3n) is 7.15. The van der Waals surface area contributed by atoms with Gasteiger partial charge in [-0.3, -0.25) is 14.4 Å². The lowest BCUT2D eigenvalue weighted by Crippen LogP contribution is -2.26. The first-order valence-electron chi connectivity index (χ1n) is 12.0. The lowest BCUT2D eigenvalue weighted by Gasteiger charge is -2.26. The average Bonchev–Trinajstić information content (AvgIpc) is 3.39. The number of hydrogen-bond acceptors (Lipinski definition) is 5. The van der Waals surface area contributed by atoms with Crippen molar-refractivity contribution in [3.63, 3.8) is 0 Å².